The molecule has 2 N–H and O–H groups in total. The second-order valence-electron chi connectivity index (χ2n) is 15.3. The summed E-state index contributed by atoms with van der Waals surface area (Å²) < 4.78 is 58.8. The Bertz CT molecular complexity index is 2260. The number of fused-ring (bicyclic) bond motifs is 1. The Labute approximate surface area is 356 Å². The van der Waals surface area contributed by atoms with E-state index in [9.17, 15) is 14.9 Å². The van der Waals surface area contributed by atoms with Crippen molar-refractivity contribution >= 4 is 31.5 Å². The van der Waals surface area contributed by atoms with Crippen molar-refractivity contribution in [2.75, 3.05) is 32.8 Å². The molecule has 3 heterocycles. The van der Waals surface area contributed by atoms with E-state index >= 15 is 4.39 Å². The topological polar surface area (TPSA) is 175 Å². The molecule has 17 heteroatoms. The summed E-state index contributed by atoms with van der Waals surface area (Å²) in [5.41, 5.74) is 0.280. The smallest absolute Gasteiger partial charge is 0.280 e. The fraction of sp³-hybridized carbons (Fsp3) is 0.432. The fourth-order valence-corrected chi connectivity index (χ4v) is 9.06. The molecule has 5 atom stereocenters. The van der Waals surface area contributed by atoms with Crippen molar-refractivity contribution in [3.05, 3.63) is 112 Å². The molecule has 61 heavy (non-hydrogen) atoms. The van der Waals surface area contributed by atoms with E-state index in [0.29, 0.717) is 11.5 Å². The molecule has 1 saturated heterocycles. The summed E-state index contributed by atoms with van der Waals surface area (Å²) in [5.74, 6) is 0.392. The van der Waals surface area contributed by atoms with Crippen LogP contribution in [-0.4, -0.2) is 88.0 Å². The van der Waals surface area contributed by atoms with Gasteiger partial charge in [-0.25, -0.2) is 14.0 Å². The van der Waals surface area contributed by atoms with Crippen LogP contribution in [0, 0.1) is 17.2 Å². The molecule has 324 valence electrons. The van der Waals surface area contributed by atoms with Gasteiger partial charge in [0.15, 0.2) is 23.6 Å². The lowest BCUT2D eigenvalue weighted by molar-refractivity contribution is -0.118. The number of rotatable bonds is 19. The molecule has 0 saturated carbocycles. The third-order valence-electron chi connectivity index (χ3n) is 10.3. The number of halogens is 1. The number of nitrogens with one attached hydrogen (secondary N) is 2. The first-order valence-corrected chi connectivity index (χ1v) is 21.3. The molecule has 2 unspecified atom stereocenters. The number of hydrogen-bond donors (Lipinski definition) is 2. The summed E-state index contributed by atoms with van der Waals surface area (Å²) >= 11 is 0. The lowest BCUT2D eigenvalue weighted by atomic mass is 9.80. The van der Waals surface area contributed by atoms with Gasteiger partial charge in [-0.05, 0) is 68.7 Å². The largest absolute Gasteiger partial charge is 0.497 e. The number of hydrogen-bond acceptors (Lipinski definition) is 12. The molecule has 0 aliphatic carbocycles. The number of alkyl halides is 1. The molecule has 3 aromatic carbocycles. The number of carbonyl (C=O) groups excluding carboxylic acids is 1. The Morgan fingerprint density at radius 2 is 1.56 bits per heavy atom. The van der Waals surface area contributed by atoms with E-state index in [-0.39, 0.29) is 54.7 Å². The normalized spacial score (nSPS) is 18.6. The van der Waals surface area contributed by atoms with Crippen LogP contribution in [0.3, 0.4) is 0 Å². The molecule has 2 aromatic heterocycles. The van der Waals surface area contributed by atoms with E-state index in [0.717, 1.165) is 16.7 Å². The third kappa shape index (κ3) is 9.78. The number of ether oxygens (including phenoxy) is 4. The maximum absolute atomic E-state index is 17.6. The third-order valence-corrected chi connectivity index (χ3v) is 12.4. The standard InChI is InChI=1S/C44H53FN7O8P/c1-27(2)40(53)49-43-48-39-37(41(54)50-43)47-26-51(39)42-36(45)38(60-61(58-24-12-23-46)52(28(3)4)29(5)6)35(59-42)25-57-44(30-13-10-9-11-14-30,31-15-19-33(55-7)20-16-31)32-17-21-34(56-8)22-18-32/h9-11,13-22,26-29,35-36,38,42H,12,24-25H2,1-8H3,(H2,48,49,50,53,54)/t35-,36+,38?,42-,61?/m1/s1. The van der Waals surface area contributed by atoms with E-state index < -0.39 is 50.2 Å². The van der Waals surface area contributed by atoms with Gasteiger partial charge < -0.3 is 28.0 Å². The summed E-state index contributed by atoms with van der Waals surface area (Å²) in [6, 6.07) is 26.7. The number of aromatic nitrogens is 4. The van der Waals surface area contributed by atoms with E-state index in [1.807, 2.05) is 111 Å². The average Bonchev–Trinajstić information content (AvgIpc) is 3.81. The van der Waals surface area contributed by atoms with E-state index in [2.05, 4.69) is 26.3 Å². The minimum atomic E-state index is -1.96. The molecule has 0 radical (unpaired) electrons. The maximum Gasteiger partial charge on any atom is 0.280 e. The second-order valence-corrected chi connectivity index (χ2v) is 16.7. The summed E-state index contributed by atoms with van der Waals surface area (Å²) in [6.45, 7) is 11.2. The molecule has 1 amide bonds. The van der Waals surface area contributed by atoms with Gasteiger partial charge in [0.1, 0.15) is 29.3 Å². The predicted molar refractivity (Wildman–Crippen MR) is 229 cm³/mol. The first kappa shape index (κ1) is 45.3. The van der Waals surface area contributed by atoms with Crippen molar-refractivity contribution in [2.45, 2.75) is 90.3 Å². The number of nitrogens with zero attached hydrogens (tertiary/aromatic N) is 5. The number of anilines is 1. The molecule has 15 nitrogen and oxygen atoms in total. The van der Waals surface area contributed by atoms with E-state index in [1.165, 1.54) is 10.9 Å². The van der Waals surface area contributed by atoms with Gasteiger partial charge in [-0.2, -0.15) is 10.2 Å². The molecule has 1 aliphatic rings. The van der Waals surface area contributed by atoms with Crippen molar-refractivity contribution in [1.29, 1.82) is 5.26 Å². The first-order valence-electron chi connectivity index (χ1n) is 20.1. The van der Waals surface area contributed by atoms with Gasteiger partial charge >= 0.3 is 0 Å². The predicted octanol–water partition coefficient (Wildman–Crippen LogP) is 7.64. The highest BCUT2D eigenvalue weighted by molar-refractivity contribution is 7.44. The molecule has 0 bridgehead atoms. The summed E-state index contributed by atoms with van der Waals surface area (Å²) in [7, 11) is 1.23. The summed E-state index contributed by atoms with van der Waals surface area (Å²) in [4.78, 5) is 37.1. The minimum absolute atomic E-state index is 0.00982. The molecular weight excluding hydrogens is 804 g/mol. The Kier molecular flexibility index (Phi) is 14.9. The van der Waals surface area contributed by atoms with Gasteiger partial charge in [-0.1, -0.05) is 68.4 Å². The number of nitriles is 1. The number of methoxy groups -OCH3 is 2. The van der Waals surface area contributed by atoms with Crippen molar-refractivity contribution < 1.29 is 37.2 Å². The molecule has 1 aliphatic heterocycles. The molecule has 6 rings (SSSR count). The van der Waals surface area contributed by atoms with Gasteiger partial charge in [0, 0.05) is 18.0 Å². The second kappa shape index (κ2) is 20.1. The highest BCUT2D eigenvalue weighted by atomic mass is 31.2. The van der Waals surface area contributed by atoms with Gasteiger partial charge in [0.25, 0.3) is 14.1 Å². The highest BCUT2D eigenvalue weighted by Gasteiger charge is 2.51. The van der Waals surface area contributed by atoms with Gasteiger partial charge in [-0.3, -0.25) is 24.5 Å². The van der Waals surface area contributed by atoms with Crippen LogP contribution in [0.1, 0.15) is 70.9 Å². The van der Waals surface area contributed by atoms with Gasteiger partial charge in [0.05, 0.1) is 46.3 Å². The fourth-order valence-electron chi connectivity index (χ4n) is 7.29. The Morgan fingerprint density at radius 1 is 0.967 bits per heavy atom. The number of carbonyl (C=O) groups is 1. The number of aromatic amines is 1. The van der Waals surface area contributed by atoms with Crippen LogP contribution in [0.4, 0.5) is 10.3 Å². The quantitative estimate of drug-likeness (QED) is 0.0473. The number of benzene rings is 3. The summed E-state index contributed by atoms with van der Waals surface area (Å²) in [5, 5.41) is 12.0. The SMILES string of the molecule is COc1ccc(C(OC[C@H]2O[C@@H](n3cnc4c(=O)[nH]c(NC(=O)C(C)C)nc43)[C@@H](F)C2OP(OCCC#N)N(C(C)C)C(C)C)(c2ccccc2)c2ccc(OC)cc2)cc1. The maximum atomic E-state index is 17.6. The highest BCUT2D eigenvalue weighted by Crippen LogP contribution is 2.51. The van der Waals surface area contributed by atoms with Crippen LogP contribution in [0.25, 0.3) is 11.2 Å². The van der Waals surface area contributed by atoms with Crippen LogP contribution < -0.4 is 20.3 Å². The number of imidazole rings is 1. The number of amides is 1. The van der Waals surface area contributed by atoms with Crippen molar-refractivity contribution in [1.82, 2.24) is 24.2 Å². The monoisotopic (exact) mass is 857 g/mol. The minimum Gasteiger partial charge on any atom is -0.497 e. The van der Waals surface area contributed by atoms with E-state index in [4.69, 9.17) is 28.0 Å². The van der Waals surface area contributed by atoms with Gasteiger partial charge in [-0.15, -0.1) is 0 Å². The molecule has 1 fully saturated rings. The average molecular weight is 858 g/mol. The van der Waals surface area contributed by atoms with Crippen LogP contribution in [0.5, 0.6) is 11.5 Å². The lowest BCUT2D eigenvalue weighted by Gasteiger charge is -2.39. The van der Waals surface area contributed by atoms with Crippen molar-refractivity contribution in [3.8, 4) is 17.6 Å². The zero-order valence-corrected chi connectivity index (χ0v) is 36.5. The van der Waals surface area contributed by atoms with Gasteiger partial charge in [0.2, 0.25) is 11.9 Å². The lowest BCUT2D eigenvalue weighted by Crippen LogP contribution is -2.41. The zero-order chi connectivity index (χ0) is 43.8. The molecule has 5 aromatic rings. The van der Waals surface area contributed by atoms with Crippen molar-refractivity contribution in [3.63, 3.8) is 0 Å². The van der Waals surface area contributed by atoms with Crippen LogP contribution >= 0.6 is 8.53 Å². The molecule has 0 spiro atoms. The van der Waals surface area contributed by atoms with Crippen molar-refractivity contribution in [2.24, 2.45) is 5.92 Å². The first-order chi connectivity index (χ1) is 29.3. The van der Waals surface area contributed by atoms with Crippen LogP contribution in [0.15, 0.2) is 90.0 Å². The Morgan fingerprint density at radius 3 is 2.10 bits per heavy atom. The summed E-state index contributed by atoms with van der Waals surface area (Å²) in [6.07, 6.45) is -4.32. The Hall–Kier alpha value is -5.27. The van der Waals surface area contributed by atoms with Crippen LogP contribution in [-0.2, 0) is 28.9 Å². The zero-order valence-electron chi connectivity index (χ0n) is 35.6. The molecular formula is C44H53FN7O8P. The van der Waals surface area contributed by atoms with Crippen LogP contribution in [0.2, 0.25) is 0 Å². The Balaban J connectivity index is 1.48. The number of H-pyrrole nitrogens is 1. The van der Waals surface area contributed by atoms with E-state index in [1.54, 1.807) is 28.1 Å².